The van der Waals surface area contributed by atoms with Crippen LogP contribution in [-0.4, -0.2) is 36.1 Å². The van der Waals surface area contributed by atoms with Crippen molar-refractivity contribution in [3.05, 3.63) is 377 Å². The summed E-state index contributed by atoms with van der Waals surface area (Å²) in [6, 6.07) is 129. The van der Waals surface area contributed by atoms with Crippen molar-refractivity contribution in [1.29, 1.82) is 0 Å². The van der Waals surface area contributed by atoms with Crippen molar-refractivity contribution in [1.82, 2.24) is 19.9 Å². The number of rotatable bonds is 12. The molecule has 0 radical (unpaired) electrons. The molecule has 0 atom stereocenters. The summed E-state index contributed by atoms with van der Waals surface area (Å²) in [6.45, 7) is 0. The van der Waals surface area contributed by atoms with Crippen molar-refractivity contribution < 1.29 is 50.3 Å². The number of hydrogen-bond donors (Lipinski definition) is 0. The van der Waals surface area contributed by atoms with Gasteiger partial charge in [-0.15, -0.1) is 107 Å². The summed E-state index contributed by atoms with van der Waals surface area (Å²) >= 11 is 3.68. The van der Waals surface area contributed by atoms with Crippen LogP contribution in [0.4, 0.5) is 34.4 Å². The van der Waals surface area contributed by atoms with Crippen LogP contribution in [0.25, 0.3) is 62.9 Å². The molecular weight excluding hydrogens is 1550 g/mol. The second-order valence-electron chi connectivity index (χ2n) is 25.6. The monoisotopic (exact) mass is 1610 g/mol. The van der Waals surface area contributed by atoms with Crippen LogP contribution in [0.3, 0.4) is 0 Å². The molecule has 2 aliphatic heterocycles. The zero-order valence-electron chi connectivity index (χ0n) is 56.4. The van der Waals surface area contributed by atoms with Crippen LogP contribution < -0.4 is 60.8 Å². The third kappa shape index (κ3) is 11.6. The molecule has 0 bridgehead atoms. The van der Waals surface area contributed by atoms with Gasteiger partial charge in [0, 0.05) is 105 Å². The van der Waals surface area contributed by atoms with E-state index in [0.29, 0.717) is 23.0 Å². The second kappa shape index (κ2) is 28.9. The number of hydrogen-bond acceptors (Lipinski definition) is 10. The van der Waals surface area contributed by atoms with Crippen molar-refractivity contribution in [3.63, 3.8) is 0 Å². The molecule has 8 heterocycles. The van der Waals surface area contributed by atoms with Crippen LogP contribution >= 0.6 is 22.7 Å². The molecule has 0 spiro atoms. The average Bonchev–Trinajstić information content (AvgIpc) is 1.04. The number of benzene rings is 12. The third-order valence-electron chi connectivity index (χ3n) is 19.7. The summed E-state index contributed by atoms with van der Waals surface area (Å²) < 4.78 is 17.9. The number of aromatic nitrogens is 4. The molecule has 106 heavy (non-hydrogen) atoms. The minimum atomic E-state index is -2.96. The normalized spacial score (nSPS) is 12.9. The molecule has 0 fully saturated rings. The van der Waals surface area contributed by atoms with Gasteiger partial charge in [-0.1, -0.05) is 242 Å². The molecule has 0 saturated heterocycles. The third-order valence-corrected chi connectivity index (χ3v) is 31.9. The van der Waals surface area contributed by atoms with Crippen LogP contribution in [0.2, 0.25) is 0 Å². The Balaban J connectivity index is 0.000000153. The van der Waals surface area contributed by atoms with E-state index in [2.05, 4.69) is 287 Å². The molecule has 6 aromatic heterocycles. The molecule has 18 aromatic rings. The topological polar surface area (TPSA) is 76.5 Å². The first-order valence-electron chi connectivity index (χ1n) is 34.5. The first-order chi connectivity index (χ1) is 51.6. The van der Waals surface area contributed by atoms with Gasteiger partial charge in [-0.2, -0.15) is 12.1 Å². The van der Waals surface area contributed by atoms with Gasteiger partial charge in [0.2, 0.25) is 0 Å². The smallest absolute Gasteiger partial charge is 0.503 e. The Morgan fingerprint density at radius 2 is 0.698 bits per heavy atom. The van der Waals surface area contributed by atoms with E-state index in [1.54, 1.807) is 12.4 Å². The van der Waals surface area contributed by atoms with Crippen LogP contribution in [0, 0.1) is 24.3 Å². The predicted molar refractivity (Wildman–Crippen MR) is 433 cm³/mol. The molecule has 12 aromatic carbocycles. The number of anilines is 6. The van der Waals surface area contributed by atoms with E-state index in [0.717, 1.165) is 56.9 Å². The maximum absolute atomic E-state index is 6.47. The van der Waals surface area contributed by atoms with E-state index in [4.69, 9.17) is 19.4 Å². The Kier molecular flexibility index (Phi) is 18.5. The van der Waals surface area contributed by atoms with Crippen LogP contribution in [0.1, 0.15) is 0 Å². The average molecular weight is 1610 g/mol. The van der Waals surface area contributed by atoms with Gasteiger partial charge in [-0.3, -0.25) is 0 Å². The van der Waals surface area contributed by atoms with E-state index in [1.165, 1.54) is 81.8 Å². The Bertz CT molecular complexity index is 6160. The van der Waals surface area contributed by atoms with Gasteiger partial charge in [0.25, 0.3) is 0 Å². The fourth-order valence-electron chi connectivity index (χ4n) is 15.5. The molecule has 20 rings (SSSR count). The zero-order chi connectivity index (χ0) is 69.0. The van der Waals surface area contributed by atoms with Gasteiger partial charge in [0.1, 0.15) is 11.6 Å². The van der Waals surface area contributed by atoms with Crippen molar-refractivity contribution in [2.75, 3.05) is 9.80 Å². The van der Waals surface area contributed by atoms with Gasteiger partial charge in [0.15, 0.2) is 16.1 Å². The first-order valence-corrected chi connectivity index (χ1v) is 40.1. The van der Waals surface area contributed by atoms with Gasteiger partial charge >= 0.3 is 40.8 Å². The summed E-state index contributed by atoms with van der Waals surface area (Å²) in [6.07, 6.45) is 7.71. The number of thiophene rings is 2. The Morgan fingerprint density at radius 3 is 1.19 bits per heavy atom. The van der Waals surface area contributed by atoms with Crippen molar-refractivity contribution >= 4 is 155 Å². The molecule has 0 aliphatic carbocycles. The van der Waals surface area contributed by atoms with Gasteiger partial charge in [-0.05, 0) is 78.9 Å². The zero-order valence-corrected chi connectivity index (χ0v) is 63.2. The number of pyridine rings is 4. The number of nitrogens with zero attached hydrogens (tertiary/aromatic N) is 6. The standard InChI is InChI=1S/2C46H29N3OSSi.2Pd/c1-3-19-36(20-4-1)52(37-21-5-2-6-22-37)43-27-10-8-25-41(43)49(46-45(52)44-39(31-48-46)38-23-7-9-26-42(38)51-44)33-16-14-18-35(30-33)50-34-17-13-15-32(29-34)40-24-11-12-28-47-40;1-3-19-36(20-4-1)52(37-21-5-2-6-22-37)43-27-10-8-25-40(43)49(46-45(52)44-38-23-7-9-26-41(38)51-42(44)31-48-46)33-16-14-18-35(30-33)50-34-17-13-15-32(29-34)39-24-11-12-28-47-39;;/h2*1-28,31H;;/q2*-2;2*+2. The number of para-hydroxylation sites is 2. The Labute approximate surface area is 651 Å². The molecule has 0 amide bonds. The van der Waals surface area contributed by atoms with Crippen molar-refractivity contribution in [2.45, 2.75) is 0 Å². The van der Waals surface area contributed by atoms with E-state index in [-0.39, 0.29) is 40.8 Å². The van der Waals surface area contributed by atoms with Crippen molar-refractivity contribution in [3.8, 4) is 45.5 Å². The summed E-state index contributed by atoms with van der Waals surface area (Å²) in [5, 5.41) is 15.4. The molecule has 0 N–H and O–H groups in total. The minimum absolute atomic E-state index is 0. The molecular formula is C92H58N6O2Pd2S2Si2. The van der Waals surface area contributed by atoms with Crippen LogP contribution in [0.15, 0.2) is 352 Å². The molecule has 0 saturated carbocycles. The number of fused-ring (bicyclic) bond motifs is 12. The molecule has 14 heteroatoms. The predicted octanol–water partition coefficient (Wildman–Crippen LogP) is 18.1. The first kappa shape index (κ1) is 67.8. The number of ether oxygens (including phenoxy) is 2. The van der Waals surface area contributed by atoms with Crippen LogP contribution in [0.5, 0.6) is 23.0 Å². The fraction of sp³-hybridized carbons (Fsp3) is 0. The molecule has 0 unspecified atom stereocenters. The fourth-order valence-corrected chi connectivity index (χ4v) is 28.8. The van der Waals surface area contributed by atoms with E-state index in [1.807, 2.05) is 120 Å². The van der Waals surface area contributed by atoms with E-state index in [9.17, 15) is 0 Å². The second-order valence-corrected chi connectivity index (χ2v) is 35.1. The maximum Gasteiger partial charge on any atom is 2.00 e. The van der Waals surface area contributed by atoms with Gasteiger partial charge < -0.3 is 29.2 Å². The largest absolute Gasteiger partial charge is 2.00 e. The minimum Gasteiger partial charge on any atom is -0.503 e. The molecule has 8 nitrogen and oxygen atoms in total. The maximum atomic E-state index is 6.47. The summed E-state index contributed by atoms with van der Waals surface area (Å²) in [7, 11) is -5.90. The van der Waals surface area contributed by atoms with Crippen LogP contribution in [-0.2, 0) is 40.8 Å². The summed E-state index contributed by atoms with van der Waals surface area (Å²) in [5.41, 5.74) is 7.31. The Morgan fingerprint density at radius 1 is 0.302 bits per heavy atom. The molecule has 508 valence electrons. The van der Waals surface area contributed by atoms with E-state index >= 15 is 0 Å². The Hall–Kier alpha value is -11.4. The SMILES string of the molecule is [Pd+2].[Pd+2].[c-]1c(Oc2[c-]c(N3c4ccccc4[Si](c4ccccc4)(c4ccccc4)c4c3ncc3c4sc4ccccc43)ccc2)cccc1-c1ccccn1.[c-]1c(Oc2[c-]c(N3c4ccccc4[Si](c4ccccc4)(c4ccccc4)c4c3ncc3sc5ccccc5c43)ccc2)cccc1-c1ccccn1. The summed E-state index contributed by atoms with van der Waals surface area (Å²) in [5.74, 6) is 4.23. The quantitative estimate of drug-likeness (QED) is 0.0885. The van der Waals surface area contributed by atoms with E-state index < -0.39 is 16.1 Å². The summed E-state index contributed by atoms with van der Waals surface area (Å²) in [4.78, 5) is 24.4. The van der Waals surface area contributed by atoms with Gasteiger partial charge in [0.05, 0.1) is 4.70 Å². The van der Waals surface area contributed by atoms with Crippen molar-refractivity contribution in [2.24, 2.45) is 0 Å². The van der Waals surface area contributed by atoms with Gasteiger partial charge in [-0.25, -0.2) is 9.97 Å². The molecule has 2 aliphatic rings.